The van der Waals surface area contributed by atoms with Gasteiger partial charge in [0.15, 0.2) is 0 Å². The van der Waals surface area contributed by atoms with Crippen molar-refractivity contribution in [3.05, 3.63) is 49.1 Å². The van der Waals surface area contributed by atoms with Gasteiger partial charge in [0, 0.05) is 6.42 Å². The van der Waals surface area contributed by atoms with Gasteiger partial charge in [0.05, 0.1) is 19.7 Å². The third kappa shape index (κ3) is 7.12. The van der Waals surface area contributed by atoms with E-state index in [1.54, 1.807) is 0 Å². The zero-order valence-electron chi connectivity index (χ0n) is 13.5. The van der Waals surface area contributed by atoms with Crippen molar-refractivity contribution in [1.29, 1.82) is 0 Å². The second-order valence-electron chi connectivity index (χ2n) is 5.46. The molecule has 0 amide bonds. The highest BCUT2D eigenvalue weighted by atomic mass is 79.9. The molecule has 0 saturated heterocycles. The Morgan fingerprint density at radius 3 is 2.64 bits per heavy atom. The highest BCUT2D eigenvalue weighted by molar-refractivity contribution is 5.20. The number of rotatable bonds is 10. The van der Waals surface area contributed by atoms with E-state index in [0.717, 1.165) is 31.9 Å². The van der Waals surface area contributed by atoms with Gasteiger partial charge >= 0.3 is 0 Å². The first-order valence-electron chi connectivity index (χ1n) is 8.11. The number of aryl methyl sites for hydroxylation is 2. The van der Waals surface area contributed by atoms with E-state index in [-0.39, 0.29) is 17.0 Å². The van der Waals surface area contributed by atoms with Crippen molar-refractivity contribution in [2.75, 3.05) is 6.61 Å². The molecule has 1 heterocycles. The van der Waals surface area contributed by atoms with E-state index in [4.69, 9.17) is 4.74 Å². The normalized spacial score (nSPS) is 10.2. The number of halogens is 1. The van der Waals surface area contributed by atoms with Crippen LogP contribution in [0.2, 0.25) is 0 Å². The van der Waals surface area contributed by atoms with E-state index in [1.807, 2.05) is 30.3 Å². The van der Waals surface area contributed by atoms with Crippen LogP contribution in [0.15, 0.2) is 49.1 Å². The second-order valence-corrected chi connectivity index (χ2v) is 5.46. The van der Waals surface area contributed by atoms with Crippen LogP contribution in [0, 0.1) is 0 Å². The molecular weight excluding hydrogens is 340 g/mol. The molecule has 2 rings (SSSR count). The molecule has 1 aromatic heterocycles. The molecule has 0 fully saturated rings. The maximum absolute atomic E-state index is 5.71. The SMILES string of the molecule is CCCCCCn1cc[n+](CCCOc2ccccc2)c1.[Br-]. The number of imidazole rings is 1. The number of aromatic nitrogens is 2. The van der Waals surface area contributed by atoms with Gasteiger partial charge in [0.1, 0.15) is 18.1 Å². The van der Waals surface area contributed by atoms with Crippen LogP contribution in [0.5, 0.6) is 5.75 Å². The van der Waals surface area contributed by atoms with Crippen LogP contribution < -0.4 is 26.3 Å². The predicted octanol–water partition coefficient (Wildman–Crippen LogP) is 0.829. The number of nitrogens with zero attached hydrogens (tertiary/aromatic N) is 2. The van der Waals surface area contributed by atoms with Crippen LogP contribution in [0.4, 0.5) is 0 Å². The molecule has 4 heteroatoms. The summed E-state index contributed by atoms with van der Waals surface area (Å²) in [5, 5.41) is 0. The molecule has 22 heavy (non-hydrogen) atoms. The fraction of sp³-hybridized carbons (Fsp3) is 0.500. The maximum Gasteiger partial charge on any atom is 0.243 e. The third-order valence-electron chi connectivity index (χ3n) is 3.59. The van der Waals surface area contributed by atoms with Crippen LogP contribution in [0.3, 0.4) is 0 Å². The molecule has 0 spiro atoms. The summed E-state index contributed by atoms with van der Waals surface area (Å²) in [5.74, 6) is 0.955. The van der Waals surface area contributed by atoms with E-state index in [9.17, 15) is 0 Å². The molecule has 0 saturated carbocycles. The van der Waals surface area contributed by atoms with Gasteiger partial charge in [0.2, 0.25) is 6.33 Å². The van der Waals surface area contributed by atoms with Gasteiger partial charge in [-0.15, -0.1) is 0 Å². The second kappa shape index (κ2) is 11.3. The Balaban J connectivity index is 0.00000242. The van der Waals surface area contributed by atoms with Crippen molar-refractivity contribution >= 4 is 0 Å². The molecular formula is C18H27BrN2O. The average Bonchev–Trinajstić information content (AvgIpc) is 2.97. The molecule has 0 N–H and O–H groups in total. The zero-order chi connectivity index (χ0) is 14.8. The van der Waals surface area contributed by atoms with E-state index < -0.39 is 0 Å². The van der Waals surface area contributed by atoms with Gasteiger partial charge < -0.3 is 21.7 Å². The van der Waals surface area contributed by atoms with Gasteiger partial charge in [-0.05, 0) is 25.0 Å². The van der Waals surface area contributed by atoms with Gasteiger partial charge in [-0.1, -0.05) is 38.0 Å². The van der Waals surface area contributed by atoms with Crippen LogP contribution in [-0.2, 0) is 13.1 Å². The number of benzene rings is 1. The summed E-state index contributed by atoms with van der Waals surface area (Å²) >= 11 is 0. The van der Waals surface area contributed by atoms with Gasteiger partial charge in [-0.2, -0.15) is 0 Å². The predicted molar refractivity (Wildman–Crippen MR) is 85.3 cm³/mol. The summed E-state index contributed by atoms with van der Waals surface area (Å²) in [6.07, 6.45) is 12.8. The topological polar surface area (TPSA) is 18.0 Å². The molecule has 0 aliphatic rings. The molecule has 2 aromatic rings. The molecule has 3 nitrogen and oxygen atoms in total. The largest absolute Gasteiger partial charge is 1.00 e. The van der Waals surface area contributed by atoms with Crippen LogP contribution >= 0.6 is 0 Å². The highest BCUT2D eigenvalue weighted by Crippen LogP contribution is 2.08. The van der Waals surface area contributed by atoms with Crippen molar-refractivity contribution in [2.24, 2.45) is 0 Å². The summed E-state index contributed by atoms with van der Waals surface area (Å²) in [7, 11) is 0. The van der Waals surface area contributed by atoms with Crippen LogP contribution in [0.25, 0.3) is 0 Å². The third-order valence-corrected chi connectivity index (χ3v) is 3.59. The number of hydrogen-bond acceptors (Lipinski definition) is 1. The molecule has 1 aromatic carbocycles. The Labute approximate surface area is 144 Å². The lowest BCUT2D eigenvalue weighted by Crippen LogP contribution is -3.00. The lowest BCUT2D eigenvalue weighted by atomic mass is 10.2. The van der Waals surface area contributed by atoms with Crippen molar-refractivity contribution in [3.8, 4) is 5.75 Å². The summed E-state index contributed by atoms with van der Waals surface area (Å²) < 4.78 is 10.2. The first-order valence-corrected chi connectivity index (χ1v) is 8.11. The minimum absolute atomic E-state index is 0. The fourth-order valence-corrected chi connectivity index (χ4v) is 2.38. The Kier molecular flexibility index (Phi) is 9.64. The highest BCUT2D eigenvalue weighted by Gasteiger charge is 2.03. The van der Waals surface area contributed by atoms with Crippen molar-refractivity contribution in [2.45, 2.75) is 52.1 Å². The van der Waals surface area contributed by atoms with Gasteiger partial charge in [-0.25, -0.2) is 9.13 Å². The van der Waals surface area contributed by atoms with Gasteiger partial charge in [-0.3, -0.25) is 0 Å². The molecule has 0 bridgehead atoms. The van der Waals surface area contributed by atoms with Crippen LogP contribution in [-0.4, -0.2) is 11.2 Å². The molecule has 0 aliphatic heterocycles. The number of hydrogen-bond donors (Lipinski definition) is 0. The van der Waals surface area contributed by atoms with E-state index in [2.05, 4.69) is 34.8 Å². The molecule has 0 atom stereocenters. The average molecular weight is 367 g/mol. The molecule has 0 radical (unpaired) electrons. The minimum atomic E-state index is 0. The van der Waals surface area contributed by atoms with Crippen LogP contribution in [0.1, 0.15) is 39.0 Å². The summed E-state index contributed by atoms with van der Waals surface area (Å²) in [6.45, 7) is 5.15. The molecule has 0 aliphatic carbocycles. The Morgan fingerprint density at radius 1 is 1.05 bits per heavy atom. The quantitative estimate of drug-likeness (QED) is 0.449. The van der Waals surface area contributed by atoms with Crippen molar-refractivity contribution in [1.82, 2.24) is 4.57 Å². The van der Waals surface area contributed by atoms with Crippen molar-refractivity contribution < 1.29 is 26.3 Å². The number of para-hydroxylation sites is 1. The van der Waals surface area contributed by atoms with E-state index in [1.165, 1.54) is 25.7 Å². The summed E-state index contributed by atoms with van der Waals surface area (Å²) in [6, 6.07) is 10.0. The summed E-state index contributed by atoms with van der Waals surface area (Å²) in [5.41, 5.74) is 0. The van der Waals surface area contributed by atoms with Gasteiger partial charge in [0.25, 0.3) is 0 Å². The summed E-state index contributed by atoms with van der Waals surface area (Å²) in [4.78, 5) is 0. The lowest BCUT2D eigenvalue weighted by Gasteiger charge is -2.04. The Hall–Kier alpha value is -1.29. The first-order chi connectivity index (χ1) is 10.4. The smallest absolute Gasteiger partial charge is 0.243 e. The van der Waals surface area contributed by atoms with E-state index >= 15 is 0 Å². The van der Waals surface area contributed by atoms with E-state index in [0.29, 0.717) is 0 Å². The number of ether oxygens (including phenoxy) is 1. The maximum atomic E-state index is 5.71. The first kappa shape index (κ1) is 18.8. The Morgan fingerprint density at radius 2 is 1.86 bits per heavy atom. The monoisotopic (exact) mass is 366 g/mol. The number of unbranched alkanes of at least 4 members (excludes halogenated alkanes) is 3. The minimum Gasteiger partial charge on any atom is -1.00 e. The zero-order valence-corrected chi connectivity index (χ0v) is 15.0. The van der Waals surface area contributed by atoms with Crippen molar-refractivity contribution in [3.63, 3.8) is 0 Å². The molecule has 122 valence electrons. The standard InChI is InChI=1S/C18H27N2O.BrH/c1-2-3-4-8-12-19-14-15-20(17-19)13-9-16-21-18-10-6-5-7-11-18;/h5-7,10-11,14-15,17H,2-4,8-9,12-13,16H2,1H3;1H/q+1;/p-1. The fourth-order valence-electron chi connectivity index (χ4n) is 2.38. The molecule has 0 unspecified atom stereocenters. The Bertz CT molecular complexity index is 499. The lowest BCUT2D eigenvalue weighted by molar-refractivity contribution is -0.696.